The lowest BCUT2D eigenvalue weighted by atomic mass is 9.98. The monoisotopic (exact) mass is 360 g/mol. The molecular formula is C14H21BrN2O2S. The number of piperidine rings is 1. The van der Waals surface area contributed by atoms with Crippen LogP contribution < -0.4 is 5.32 Å². The summed E-state index contributed by atoms with van der Waals surface area (Å²) in [5.74, 6) is 0.582. The average Bonchev–Trinajstić information content (AvgIpc) is 2.43. The van der Waals surface area contributed by atoms with Crippen LogP contribution >= 0.6 is 15.9 Å². The molecule has 20 heavy (non-hydrogen) atoms. The molecule has 1 N–H and O–H groups in total. The molecule has 4 nitrogen and oxygen atoms in total. The van der Waals surface area contributed by atoms with E-state index in [9.17, 15) is 8.42 Å². The Morgan fingerprint density at radius 2 is 2.00 bits per heavy atom. The van der Waals surface area contributed by atoms with E-state index in [-0.39, 0.29) is 0 Å². The molecule has 6 heteroatoms. The van der Waals surface area contributed by atoms with Crippen molar-refractivity contribution >= 4 is 26.0 Å². The first-order valence-electron chi connectivity index (χ1n) is 6.86. The molecule has 0 amide bonds. The molecule has 1 heterocycles. The van der Waals surface area contributed by atoms with Gasteiger partial charge in [0.15, 0.2) is 0 Å². The normalized spacial score (nSPS) is 18.4. The summed E-state index contributed by atoms with van der Waals surface area (Å²) in [5.41, 5.74) is 0.941. The van der Waals surface area contributed by atoms with Crippen LogP contribution in [0.2, 0.25) is 0 Å². The summed E-state index contributed by atoms with van der Waals surface area (Å²) in [6, 6.07) is 5.21. The van der Waals surface area contributed by atoms with Gasteiger partial charge in [-0.3, -0.25) is 0 Å². The predicted molar refractivity (Wildman–Crippen MR) is 84.3 cm³/mol. The number of aryl methyl sites for hydroxylation is 1. The van der Waals surface area contributed by atoms with Crippen LogP contribution in [0.5, 0.6) is 0 Å². The van der Waals surface area contributed by atoms with Crippen molar-refractivity contribution in [1.82, 2.24) is 9.62 Å². The van der Waals surface area contributed by atoms with Crippen molar-refractivity contribution in [3.63, 3.8) is 0 Å². The Morgan fingerprint density at radius 3 is 2.55 bits per heavy atom. The fraction of sp³-hybridized carbons (Fsp3) is 0.571. The van der Waals surface area contributed by atoms with Gasteiger partial charge in [0.05, 0.1) is 4.90 Å². The maximum absolute atomic E-state index is 12.6. The Balaban J connectivity index is 2.13. The number of hydrogen-bond acceptors (Lipinski definition) is 3. The molecule has 1 fully saturated rings. The first kappa shape index (κ1) is 15.9. The minimum Gasteiger partial charge on any atom is -0.319 e. The van der Waals surface area contributed by atoms with Crippen LogP contribution in [0.25, 0.3) is 0 Å². The third kappa shape index (κ3) is 3.42. The van der Waals surface area contributed by atoms with E-state index in [4.69, 9.17) is 0 Å². The number of halogens is 1. The fourth-order valence-electron chi connectivity index (χ4n) is 2.57. The average molecular weight is 361 g/mol. The van der Waals surface area contributed by atoms with Gasteiger partial charge in [-0.1, -0.05) is 15.9 Å². The Bertz CT molecular complexity index is 567. The number of nitrogens with zero attached hydrogens (tertiary/aromatic N) is 1. The standard InChI is InChI=1S/C14H21BrN2O2S/c1-11-9-13(3-4-14(11)15)20(18,19)17-7-5-12(6-8-17)10-16-2/h3-4,9,12,16H,5-8,10H2,1-2H3. The van der Waals surface area contributed by atoms with Crippen LogP contribution in [0, 0.1) is 12.8 Å². The molecule has 0 radical (unpaired) electrons. The van der Waals surface area contributed by atoms with Crippen molar-refractivity contribution in [3.8, 4) is 0 Å². The smallest absolute Gasteiger partial charge is 0.243 e. The molecule has 0 atom stereocenters. The summed E-state index contributed by atoms with van der Waals surface area (Å²) in [7, 11) is -1.41. The highest BCUT2D eigenvalue weighted by molar-refractivity contribution is 9.10. The summed E-state index contributed by atoms with van der Waals surface area (Å²) in [5, 5.41) is 3.16. The van der Waals surface area contributed by atoms with Gasteiger partial charge in [0, 0.05) is 17.6 Å². The highest BCUT2D eigenvalue weighted by Gasteiger charge is 2.29. The quantitative estimate of drug-likeness (QED) is 0.896. The van der Waals surface area contributed by atoms with Crippen LogP contribution in [0.4, 0.5) is 0 Å². The molecule has 0 spiro atoms. The highest BCUT2D eigenvalue weighted by Crippen LogP contribution is 2.26. The molecule has 1 aliphatic rings. The zero-order valence-corrected chi connectivity index (χ0v) is 14.3. The van der Waals surface area contributed by atoms with E-state index in [1.165, 1.54) is 0 Å². The second-order valence-corrected chi connectivity index (χ2v) is 8.11. The molecule has 0 aromatic heterocycles. The maximum Gasteiger partial charge on any atom is 0.243 e. The van der Waals surface area contributed by atoms with Crippen molar-refractivity contribution in [3.05, 3.63) is 28.2 Å². The van der Waals surface area contributed by atoms with E-state index in [1.807, 2.05) is 14.0 Å². The Labute approximate surface area is 129 Å². The van der Waals surface area contributed by atoms with E-state index in [2.05, 4.69) is 21.2 Å². The van der Waals surface area contributed by atoms with Crippen LogP contribution in [0.1, 0.15) is 18.4 Å². The molecule has 1 aliphatic heterocycles. The van der Waals surface area contributed by atoms with Gasteiger partial charge >= 0.3 is 0 Å². The first-order valence-corrected chi connectivity index (χ1v) is 9.09. The van der Waals surface area contributed by atoms with E-state index < -0.39 is 10.0 Å². The summed E-state index contributed by atoms with van der Waals surface area (Å²) >= 11 is 3.40. The van der Waals surface area contributed by atoms with E-state index >= 15 is 0 Å². The summed E-state index contributed by atoms with van der Waals surface area (Å²) in [6.07, 6.45) is 1.85. The lowest BCUT2D eigenvalue weighted by molar-refractivity contribution is 0.270. The SMILES string of the molecule is CNCC1CCN(S(=O)(=O)c2ccc(Br)c(C)c2)CC1. The second-order valence-electron chi connectivity index (χ2n) is 5.32. The van der Waals surface area contributed by atoms with Gasteiger partial charge in [-0.05, 0) is 63.0 Å². The number of sulfonamides is 1. The highest BCUT2D eigenvalue weighted by atomic mass is 79.9. The number of nitrogens with one attached hydrogen (secondary N) is 1. The zero-order chi connectivity index (χ0) is 14.8. The predicted octanol–water partition coefficient (Wildman–Crippen LogP) is 2.38. The molecule has 1 aromatic rings. The topological polar surface area (TPSA) is 49.4 Å². The van der Waals surface area contributed by atoms with Gasteiger partial charge in [-0.25, -0.2) is 8.42 Å². The molecule has 0 bridgehead atoms. The number of benzene rings is 1. The van der Waals surface area contributed by atoms with Crippen LogP contribution in [0.3, 0.4) is 0 Å². The Morgan fingerprint density at radius 1 is 1.35 bits per heavy atom. The molecular weight excluding hydrogens is 340 g/mol. The first-order chi connectivity index (χ1) is 9.45. The molecule has 2 rings (SSSR count). The van der Waals surface area contributed by atoms with Crippen molar-refractivity contribution in [2.24, 2.45) is 5.92 Å². The lowest BCUT2D eigenvalue weighted by Gasteiger charge is -2.31. The van der Waals surface area contributed by atoms with Crippen LogP contribution in [-0.4, -0.2) is 39.4 Å². The molecule has 1 saturated heterocycles. The largest absolute Gasteiger partial charge is 0.319 e. The second kappa shape index (κ2) is 6.56. The van der Waals surface area contributed by atoms with E-state index in [0.29, 0.717) is 23.9 Å². The fourth-order valence-corrected chi connectivity index (χ4v) is 4.37. The van der Waals surface area contributed by atoms with Gasteiger partial charge < -0.3 is 5.32 Å². The third-order valence-corrected chi connectivity index (χ3v) is 6.62. The van der Waals surface area contributed by atoms with Gasteiger partial charge in [0.2, 0.25) is 10.0 Å². The van der Waals surface area contributed by atoms with Crippen molar-refractivity contribution < 1.29 is 8.42 Å². The maximum atomic E-state index is 12.6. The molecule has 112 valence electrons. The molecule has 1 aromatic carbocycles. The molecule has 0 aliphatic carbocycles. The third-order valence-electron chi connectivity index (χ3n) is 3.83. The van der Waals surface area contributed by atoms with Gasteiger partial charge in [0.25, 0.3) is 0 Å². The van der Waals surface area contributed by atoms with Crippen LogP contribution in [-0.2, 0) is 10.0 Å². The zero-order valence-electron chi connectivity index (χ0n) is 11.9. The number of rotatable bonds is 4. The number of hydrogen-bond donors (Lipinski definition) is 1. The van der Waals surface area contributed by atoms with E-state index in [0.717, 1.165) is 29.4 Å². The minimum absolute atomic E-state index is 0.394. The van der Waals surface area contributed by atoms with E-state index in [1.54, 1.807) is 22.5 Å². The molecule has 0 unspecified atom stereocenters. The van der Waals surface area contributed by atoms with Gasteiger partial charge in [0.1, 0.15) is 0 Å². The summed E-state index contributed by atoms with van der Waals surface area (Å²) in [4.78, 5) is 0.394. The van der Waals surface area contributed by atoms with Crippen molar-refractivity contribution in [1.29, 1.82) is 0 Å². The summed E-state index contributed by atoms with van der Waals surface area (Å²) < 4.78 is 27.8. The summed E-state index contributed by atoms with van der Waals surface area (Å²) in [6.45, 7) is 4.10. The van der Waals surface area contributed by atoms with Crippen molar-refractivity contribution in [2.75, 3.05) is 26.7 Å². The Hall–Kier alpha value is -0.430. The molecule has 0 saturated carbocycles. The van der Waals surface area contributed by atoms with Gasteiger partial charge in [-0.2, -0.15) is 4.31 Å². The van der Waals surface area contributed by atoms with Crippen molar-refractivity contribution in [2.45, 2.75) is 24.7 Å². The Kier molecular flexibility index (Phi) is 5.23. The lowest BCUT2D eigenvalue weighted by Crippen LogP contribution is -2.40. The van der Waals surface area contributed by atoms with Crippen LogP contribution in [0.15, 0.2) is 27.6 Å². The van der Waals surface area contributed by atoms with Gasteiger partial charge in [-0.15, -0.1) is 0 Å². The minimum atomic E-state index is -3.35.